The van der Waals surface area contributed by atoms with Crippen molar-refractivity contribution in [1.82, 2.24) is 10.2 Å². The lowest BCUT2D eigenvalue weighted by molar-refractivity contribution is 0.0918. The van der Waals surface area contributed by atoms with E-state index in [4.69, 9.17) is 4.74 Å². The van der Waals surface area contributed by atoms with E-state index in [0.717, 1.165) is 19.7 Å². The Labute approximate surface area is 123 Å². The minimum atomic E-state index is 0.428. The molecule has 0 aromatic rings. The second kappa shape index (κ2) is 8.50. The van der Waals surface area contributed by atoms with Crippen LogP contribution in [-0.2, 0) is 4.74 Å². The van der Waals surface area contributed by atoms with E-state index in [1.165, 1.54) is 25.3 Å². The van der Waals surface area contributed by atoms with Crippen molar-refractivity contribution >= 4 is 11.8 Å². The smallest absolute Gasteiger partial charge is 0.0630 e. The van der Waals surface area contributed by atoms with Crippen molar-refractivity contribution in [2.45, 2.75) is 44.9 Å². The summed E-state index contributed by atoms with van der Waals surface area (Å²) in [6, 6.07) is 0.512. The Kier molecular flexibility index (Phi) is 7.73. The van der Waals surface area contributed by atoms with Crippen molar-refractivity contribution in [3.8, 4) is 0 Å². The molecular weight excluding hydrogens is 256 g/mol. The predicted molar refractivity (Wildman–Crippen MR) is 86.1 cm³/mol. The van der Waals surface area contributed by atoms with Gasteiger partial charge in [-0.1, -0.05) is 27.7 Å². The number of hydrogen-bond donors (Lipinski definition) is 1. The lowest BCUT2D eigenvalue weighted by atomic mass is 10.1. The van der Waals surface area contributed by atoms with Gasteiger partial charge in [-0.05, 0) is 25.4 Å². The fourth-order valence-corrected chi connectivity index (χ4v) is 3.54. The van der Waals surface area contributed by atoms with Gasteiger partial charge >= 0.3 is 0 Å². The zero-order valence-electron chi connectivity index (χ0n) is 13.4. The molecule has 1 heterocycles. The zero-order valence-corrected chi connectivity index (χ0v) is 14.2. The van der Waals surface area contributed by atoms with Gasteiger partial charge in [-0.3, -0.25) is 4.90 Å². The molecule has 0 spiro atoms. The lowest BCUT2D eigenvalue weighted by Crippen LogP contribution is -2.46. The van der Waals surface area contributed by atoms with E-state index < -0.39 is 0 Å². The van der Waals surface area contributed by atoms with Gasteiger partial charge in [0.2, 0.25) is 0 Å². The minimum Gasteiger partial charge on any atom is -0.383 e. The number of thioether (sulfide) groups is 1. The van der Waals surface area contributed by atoms with Gasteiger partial charge in [0.1, 0.15) is 0 Å². The van der Waals surface area contributed by atoms with Crippen LogP contribution in [0.2, 0.25) is 0 Å². The van der Waals surface area contributed by atoms with Gasteiger partial charge in [0, 0.05) is 36.7 Å². The van der Waals surface area contributed by atoms with Crippen molar-refractivity contribution in [2.75, 3.05) is 45.6 Å². The molecule has 1 aliphatic rings. The van der Waals surface area contributed by atoms with Crippen LogP contribution < -0.4 is 5.32 Å². The molecule has 0 aromatic heterocycles. The number of nitrogens with one attached hydrogen (secondary N) is 1. The summed E-state index contributed by atoms with van der Waals surface area (Å²) in [7, 11) is 1.81. The van der Waals surface area contributed by atoms with Crippen molar-refractivity contribution in [3.63, 3.8) is 0 Å². The summed E-state index contributed by atoms with van der Waals surface area (Å²) in [5, 5.41) is 3.58. The van der Waals surface area contributed by atoms with Gasteiger partial charge in [-0.25, -0.2) is 0 Å². The molecule has 1 aliphatic heterocycles. The first kappa shape index (κ1) is 17.3. The molecule has 4 heteroatoms. The third kappa shape index (κ3) is 6.98. The topological polar surface area (TPSA) is 24.5 Å². The molecule has 0 radical (unpaired) electrons. The average Bonchev–Trinajstić information content (AvgIpc) is 2.49. The normalized spacial score (nSPS) is 22.4. The van der Waals surface area contributed by atoms with Crippen molar-refractivity contribution in [2.24, 2.45) is 5.92 Å². The molecular formula is C15H32N2OS. The van der Waals surface area contributed by atoms with E-state index in [0.29, 0.717) is 16.7 Å². The fraction of sp³-hybridized carbons (Fsp3) is 1.00. The third-order valence-electron chi connectivity index (χ3n) is 3.68. The van der Waals surface area contributed by atoms with Crippen LogP contribution in [0.15, 0.2) is 0 Å². The molecule has 1 saturated heterocycles. The summed E-state index contributed by atoms with van der Waals surface area (Å²) in [6.07, 6.45) is 1.27. The Morgan fingerprint density at radius 2 is 2.00 bits per heavy atom. The summed E-state index contributed by atoms with van der Waals surface area (Å²) in [6.45, 7) is 14.6. The van der Waals surface area contributed by atoms with Crippen LogP contribution in [0.1, 0.15) is 34.1 Å². The van der Waals surface area contributed by atoms with E-state index in [9.17, 15) is 0 Å². The number of methoxy groups -OCH3 is 1. The van der Waals surface area contributed by atoms with Gasteiger partial charge in [0.05, 0.1) is 6.61 Å². The number of nitrogens with zero attached hydrogens (tertiary/aromatic N) is 1. The Bertz CT molecular complexity index is 246. The molecule has 1 N–H and O–H groups in total. The molecule has 1 rings (SSSR count). The molecule has 1 unspecified atom stereocenters. The quantitative estimate of drug-likeness (QED) is 0.778. The molecule has 0 saturated carbocycles. The van der Waals surface area contributed by atoms with E-state index in [-0.39, 0.29) is 0 Å². The Balaban J connectivity index is 2.45. The maximum Gasteiger partial charge on any atom is 0.0630 e. The maximum absolute atomic E-state index is 5.42. The standard InChI is InChI=1S/C15H32N2OS/c1-13(2)10-16-11-14(12-18-5)17-7-6-15(3,4)19-9-8-17/h13-14,16H,6-12H2,1-5H3. The predicted octanol–water partition coefficient (Wildman–Crippen LogP) is 2.46. The first-order valence-corrected chi connectivity index (χ1v) is 8.51. The van der Waals surface area contributed by atoms with Crippen molar-refractivity contribution in [3.05, 3.63) is 0 Å². The molecule has 0 bridgehead atoms. The molecule has 1 atom stereocenters. The highest BCUT2D eigenvalue weighted by atomic mass is 32.2. The van der Waals surface area contributed by atoms with Crippen LogP contribution >= 0.6 is 11.8 Å². The van der Waals surface area contributed by atoms with E-state index in [1.54, 1.807) is 0 Å². The van der Waals surface area contributed by atoms with Crippen LogP contribution in [0.25, 0.3) is 0 Å². The van der Waals surface area contributed by atoms with Gasteiger partial charge in [0.25, 0.3) is 0 Å². The highest BCUT2D eigenvalue weighted by molar-refractivity contribution is 8.00. The van der Waals surface area contributed by atoms with E-state index in [2.05, 4.69) is 49.7 Å². The molecule has 0 amide bonds. The summed E-state index contributed by atoms with van der Waals surface area (Å²) in [5.74, 6) is 1.94. The van der Waals surface area contributed by atoms with Crippen LogP contribution in [0.4, 0.5) is 0 Å². The van der Waals surface area contributed by atoms with E-state index >= 15 is 0 Å². The molecule has 3 nitrogen and oxygen atoms in total. The first-order valence-electron chi connectivity index (χ1n) is 7.52. The SMILES string of the molecule is COCC(CNCC(C)C)N1CCSC(C)(C)CC1. The first-order chi connectivity index (χ1) is 8.94. The molecule has 0 aromatic carbocycles. The van der Waals surface area contributed by atoms with Crippen LogP contribution in [0, 0.1) is 5.92 Å². The summed E-state index contributed by atoms with van der Waals surface area (Å²) >= 11 is 2.11. The third-order valence-corrected chi connectivity index (χ3v) is 5.05. The Morgan fingerprint density at radius 1 is 1.26 bits per heavy atom. The minimum absolute atomic E-state index is 0.428. The lowest BCUT2D eigenvalue weighted by Gasteiger charge is -2.31. The van der Waals surface area contributed by atoms with Crippen LogP contribution in [0.3, 0.4) is 0 Å². The van der Waals surface area contributed by atoms with Crippen molar-refractivity contribution < 1.29 is 4.74 Å². The summed E-state index contributed by atoms with van der Waals surface area (Å²) in [4.78, 5) is 2.61. The Morgan fingerprint density at radius 3 is 2.63 bits per heavy atom. The van der Waals surface area contributed by atoms with E-state index in [1.807, 2.05) is 7.11 Å². The number of hydrogen-bond acceptors (Lipinski definition) is 4. The fourth-order valence-electron chi connectivity index (χ4n) is 2.43. The van der Waals surface area contributed by atoms with Crippen LogP contribution in [-0.4, -0.2) is 61.3 Å². The van der Waals surface area contributed by atoms with Gasteiger partial charge in [-0.15, -0.1) is 0 Å². The van der Waals surface area contributed by atoms with Crippen molar-refractivity contribution in [1.29, 1.82) is 0 Å². The average molecular weight is 289 g/mol. The van der Waals surface area contributed by atoms with Gasteiger partial charge in [0.15, 0.2) is 0 Å². The largest absolute Gasteiger partial charge is 0.383 e. The zero-order chi connectivity index (χ0) is 14.3. The summed E-state index contributed by atoms with van der Waals surface area (Å²) in [5.41, 5.74) is 0. The van der Waals surface area contributed by atoms with Crippen LogP contribution in [0.5, 0.6) is 0 Å². The summed E-state index contributed by atoms with van der Waals surface area (Å²) < 4.78 is 5.85. The van der Waals surface area contributed by atoms with Gasteiger partial charge in [-0.2, -0.15) is 11.8 Å². The molecule has 19 heavy (non-hydrogen) atoms. The second-order valence-electron chi connectivity index (χ2n) is 6.56. The molecule has 0 aliphatic carbocycles. The Hall–Kier alpha value is 0.230. The molecule has 1 fully saturated rings. The highest BCUT2D eigenvalue weighted by Crippen LogP contribution is 2.31. The van der Waals surface area contributed by atoms with Gasteiger partial charge < -0.3 is 10.1 Å². The maximum atomic E-state index is 5.42. The second-order valence-corrected chi connectivity index (χ2v) is 8.36. The molecule has 114 valence electrons. The number of rotatable bonds is 7. The highest BCUT2D eigenvalue weighted by Gasteiger charge is 2.27. The monoisotopic (exact) mass is 288 g/mol. The number of ether oxygens (including phenoxy) is 1.